The molecule has 6 nitrogen and oxygen atoms in total. The lowest BCUT2D eigenvalue weighted by Crippen LogP contribution is -2.23. The van der Waals surface area contributed by atoms with Gasteiger partial charge in [0.25, 0.3) is 5.56 Å². The monoisotopic (exact) mass is 450 g/mol. The molecule has 0 fully saturated rings. The van der Waals surface area contributed by atoms with E-state index in [1.54, 1.807) is 12.1 Å². The smallest absolute Gasteiger partial charge is 0.312 e. The molecule has 0 unspecified atom stereocenters. The van der Waals surface area contributed by atoms with Gasteiger partial charge in [0.05, 0.1) is 18.1 Å². The maximum Gasteiger partial charge on any atom is 0.312 e. The molecule has 0 atom stereocenters. The molecule has 162 valence electrons. The topological polar surface area (TPSA) is 78.3 Å². The maximum atomic E-state index is 13.0. The molecular formula is C24H19FN2O4S. The fourth-order valence-electron chi connectivity index (χ4n) is 3.27. The molecule has 2 aromatic carbocycles. The van der Waals surface area contributed by atoms with Gasteiger partial charge in [-0.2, -0.15) is 0 Å². The molecule has 0 aliphatic carbocycles. The highest BCUT2D eigenvalue weighted by molar-refractivity contribution is 7.18. The molecule has 2 heterocycles. The average molecular weight is 450 g/mol. The van der Waals surface area contributed by atoms with Crippen molar-refractivity contribution in [3.8, 4) is 5.75 Å². The molecule has 0 aliphatic rings. The number of carbonyl (C=O) groups is 2. The van der Waals surface area contributed by atoms with Gasteiger partial charge in [-0.3, -0.25) is 19.0 Å². The van der Waals surface area contributed by atoms with Gasteiger partial charge in [-0.25, -0.2) is 9.37 Å². The minimum atomic E-state index is -0.507. The average Bonchev–Trinajstić information content (AvgIpc) is 3.08. The summed E-state index contributed by atoms with van der Waals surface area (Å²) in [5.74, 6) is -0.893. The number of carbonyl (C=O) groups excluding carboxylic acids is 2. The van der Waals surface area contributed by atoms with Crippen molar-refractivity contribution in [1.29, 1.82) is 0 Å². The van der Waals surface area contributed by atoms with Gasteiger partial charge in [-0.1, -0.05) is 0 Å². The summed E-state index contributed by atoms with van der Waals surface area (Å²) in [6.07, 6.45) is 1.44. The molecule has 4 aromatic rings. The van der Waals surface area contributed by atoms with E-state index in [1.807, 2.05) is 13.8 Å². The quantitative estimate of drug-likeness (QED) is 0.247. The second-order valence-corrected chi connectivity index (χ2v) is 8.49. The second kappa shape index (κ2) is 8.84. The molecule has 0 saturated carbocycles. The third-order valence-electron chi connectivity index (χ3n) is 5.17. The van der Waals surface area contributed by atoms with Crippen LogP contribution in [0, 0.1) is 19.7 Å². The largest absolute Gasteiger partial charge is 0.426 e. The van der Waals surface area contributed by atoms with Gasteiger partial charge in [-0.05, 0) is 67.9 Å². The molecule has 4 rings (SSSR count). The van der Waals surface area contributed by atoms with Crippen molar-refractivity contribution in [2.45, 2.75) is 26.8 Å². The predicted octanol–water partition coefficient (Wildman–Crippen LogP) is 4.44. The molecule has 0 radical (unpaired) electrons. The Bertz CT molecular complexity index is 1370. The zero-order valence-electron chi connectivity index (χ0n) is 17.4. The van der Waals surface area contributed by atoms with Gasteiger partial charge >= 0.3 is 5.97 Å². The van der Waals surface area contributed by atoms with Crippen LogP contribution in [0.15, 0.2) is 59.7 Å². The van der Waals surface area contributed by atoms with Crippen LogP contribution >= 0.6 is 11.3 Å². The summed E-state index contributed by atoms with van der Waals surface area (Å²) in [6, 6.07) is 11.4. The first-order valence-electron chi connectivity index (χ1n) is 9.89. The van der Waals surface area contributed by atoms with E-state index < -0.39 is 11.8 Å². The lowest BCUT2D eigenvalue weighted by molar-refractivity contribution is -0.134. The van der Waals surface area contributed by atoms with E-state index in [1.165, 1.54) is 58.6 Å². The Hall–Kier alpha value is -3.65. The Labute approximate surface area is 186 Å². The van der Waals surface area contributed by atoms with E-state index in [2.05, 4.69) is 4.98 Å². The van der Waals surface area contributed by atoms with Crippen LogP contribution < -0.4 is 10.3 Å². The molecule has 2 aromatic heterocycles. The molecule has 0 N–H and O–H groups in total. The zero-order valence-corrected chi connectivity index (χ0v) is 18.2. The fourth-order valence-corrected chi connectivity index (χ4v) is 4.25. The molecule has 0 spiro atoms. The van der Waals surface area contributed by atoms with E-state index in [4.69, 9.17) is 4.74 Å². The maximum absolute atomic E-state index is 13.0. The van der Waals surface area contributed by atoms with Crippen molar-refractivity contribution < 1.29 is 18.7 Å². The number of ether oxygens (including phenoxy) is 1. The SMILES string of the molecule is Cc1sc2ncn(CCC(=O)Oc3ccc(C(=O)c4ccc(F)cc4)cc3)c(=O)c2c1C. The van der Waals surface area contributed by atoms with E-state index in [-0.39, 0.29) is 30.1 Å². The molecule has 0 bridgehead atoms. The number of rotatable bonds is 6. The van der Waals surface area contributed by atoms with E-state index in [0.717, 1.165) is 10.4 Å². The Morgan fingerprint density at radius 3 is 2.31 bits per heavy atom. The van der Waals surface area contributed by atoms with Gasteiger partial charge in [-0.15, -0.1) is 11.3 Å². The Morgan fingerprint density at radius 1 is 1.03 bits per heavy atom. The first-order chi connectivity index (χ1) is 15.3. The van der Waals surface area contributed by atoms with Gasteiger partial charge in [0, 0.05) is 22.5 Å². The van der Waals surface area contributed by atoms with Crippen molar-refractivity contribution in [2.24, 2.45) is 0 Å². The molecule has 0 amide bonds. The van der Waals surface area contributed by atoms with Crippen molar-refractivity contribution in [3.63, 3.8) is 0 Å². The number of aromatic nitrogens is 2. The van der Waals surface area contributed by atoms with Crippen LogP contribution in [0.4, 0.5) is 4.39 Å². The van der Waals surface area contributed by atoms with Crippen molar-refractivity contribution in [1.82, 2.24) is 9.55 Å². The number of fused-ring (bicyclic) bond motifs is 1. The van der Waals surface area contributed by atoms with Crippen LogP contribution in [-0.4, -0.2) is 21.3 Å². The van der Waals surface area contributed by atoms with Crippen LogP contribution in [-0.2, 0) is 11.3 Å². The summed E-state index contributed by atoms with van der Waals surface area (Å²) in [5, 5.41) is 0.588. The Balaban J connectivity index is 1.39. The number of esters is 1. The number of hydrogen-bond acceptors (Lipinski definition) is 6. The highest BCUT2D eigenvalue weighted by Crippen LogP contribution is 2.25. The first kappa shape index (κ1) is 21.6. The number of benzene rings is 2. The summed E-state index contributed by atoms with van der Waals surface area (Å²) in [4.78, 5) is 43.4. The normalized spacial score (nSPS) is 11.0. The standard InChI is InChI=1S/C24H19FN2O4S/c1-14-15(2)32-23-21(14)24(30)27(13-26-23)12-11-20(28)31-19-9-5-17(6-10-19)22(29)16-3-7-18(25)8-4-16/h3-10,13H,11-12H2,1-2H3. The molecule has 0 saturated heterocycles. The lowest BCUT2D eigenvalue weighted by atomic mass is 10.0. The number of halogens is 1. The van der Waals surface area contributed by atoms with Crippen LogP contribution in [0.5, 0.6) is 5.75 Å². The molecule has 8 heteroatoms. The lowest BCUT2D eigenvalue weighted by Gasteiger charge is -2.07. The second-order valence-electron chi connectivity index (χ2n) is 7.29. The minimum absolute atomic E-state index is 0.00841. The van der Waals surface area contributed by atoms with Crippen molar-refractivity contribution in [3.05, 3.63) is 92.6 Å². The summed E-state index contributed by atoms with van der Waals surface area (Å²) in [7, 11) is 0. The fraction of sp³-hybridized carbons (Fsp3) is 0.167. The van der Waals surface area contributed by atoms with Crippen LogP contribution in [0.25, 0.3) is 10.2 Å². The van der Waals surface area contributed by atoms with Gasteiger partial charge < -0.3 is 4.74 Å². The van der Waals surface area contributed by atoms with Gasteiger partial charge in [0.15, 0.2) is 5.78 Å². The minimum Gasteiger partial charge on any atom is -0.426 e. The number of nitrogens with zero attached hydrogens (tertiary/aromatic N) is 2. The zero-order chi connectivity index (χ0) is 22.8. The summed E-state index contributed by atoms with van der Waals surface area (Å²) < 4.78 is 19.8. The number of aryl methyl sites for hydroxylation is 3. The Morgan fingerprint density at radius 2 is 1.66 bits per heavy atom. The van der Waals surface area contributed by atoms with Gasteiger partial charge in [0.2, 0.25) is 0 Å². The number of hydrogen-bond donors (Lipinski definition) is 0. The van der Waals surface area contributed by atoms with Gasteiger partial charge in [0.1, 0.15) is 16.4 Å². The summed E-state index contributed by atoms with van der Waals surface area (Å²) >= 11 is 1.47. The van der Waals surface area contributed by atoms with E-state index in [9.17, 15) is 18.8 Å². The highest BCUT2D eigenvalue weighted by atomic mass is 32.1. The third-order valence-corrected chi connectivity index (χ3v) is 6.28. The Kier molecular flexibility index (Phi) is 5.96. The number of thiophene rings is 1. The number of ketones is 1. The molecule has 32 heavy (non-hydrogen) atoms. The van der Waals surface area contributed by atoms with E-state index >= 15 is 0 Å². The predicted molar refractivity (Wildman–Crippen MR) is 120 cm³/mol. The van der Waals surface area contributed by atoms with Crippen molar-refractivity contribution >= 4 is 33.3 Å². The van der Waals surface area contributed by atoms with Crippen LogP contribution in [0.3, 0.4) is 0 Å². The van der Waals surface area contributed by atoms with Crippen LogP contribution in [0.1, 0.15) is 32.8 Å². The summed E-state index contributed by atoms with van der Waals surface area (Å²) in [6.45, 7) is 3.98. The molecular weight excluding hydrogens is 431 g/mol. The van der Waals surface area contributed by atoms with Crippen LogP contribution in [0.2, 0.25) is 0 Å². The first-order valence-corrected chi connectivity index (χ1v) is 10.7. The molecule has 0 aliphatic heterocycles. The summed E-state index contributed by atoms with van der Waals surface area (Å²) in [5.41, 5.74) is 1.50. The van der Waals surface area contributed by atoms with E-state index in [0.29, 0.717) is 21.3 Å². The highest BCUT2D eigenvalue weighted by Gasteiger charge is 2.14. The van der Waals surface area contributed by atoms with Crippen molar-refractivity contribution in [2.75, 3.05) is 0 Å². The third kappa shape index (κ3) is 4.36.